The number of benzene rings is 1. The second-order valence-electron chi connectivity index (χ2n) is 5.08. The first-order chi connectivity index (χ1) is 9.72. The number of rotatable bonds is 7. The standard InChI is InChI=1S/C15H23BrN2O2/c1-18(13-5-7-20-11-13)15-4-3-12(9-14(15)16)10-17-6-8-19-2/h3-4,9,13,17H,5-8,10-11H2,1-2H3. The van der Waals surface area contributed by atoms with Crippen LogP contribution in [0.5, 0.6) is 0 Å². The number of hydrogen-bond donors (Lipinski definition) is 1. The highest BCUT2D eigenvalue weighted by Gasteiger charge is 2.21. The Morgan fingerprint density at radius 3 is 3.00 bits per heavy atom. The molecule has 2 rings (SSSR count). The zero-order valence-corrected chi connectivity index (χ0v) is 13.8. The molecule has 0 aliphatic carbocycles. The summed E-state index contributed by atoms with van der Waals surface area (Å²) in [5, 5.41) is 3.35. The third kappa shape index (κ3) is 4.19. The minimum absolute atomic E-state index is 0.483. The van der Waals surface area contributed by atoms with Gasteiger partial charge in [0, 0.05) is 38.3 Å². The van der Waals surface area contributed by atoms with Gasteiger partial charge in [-0.2, -0.15) is 0 Å². The predicted molar refractivity (Wildman–Crippen MR) is 85.4 cm³/mol. The molecule has 1 aliphatic rings. The first-order valence-electron chi connectivity index (χ1n) is 7.01. The molecular weight excluding hydrogens is 320 g/mol. The molecule has 4 nitrogen and oxygen atoms in total. The van der Waals surface area contributed by atoms with Gasteiger partial charge in [0.15, 0.2) is 0 Å². The van der Waals surface area contributed by atoms with E-state index in [1.807, 2.05) is 0 Å². The maximum absolute atomic E-state index is 5.46. The fraction of sp³-hybridized carbons (Fsp3) is 0.600. The van der Waals surface area contributed by atoms with Crippen LogP contribution in [-0.4, -0.2) is 46.6 Å². The monoisotopic (exact) mass is 342 g/mol. The van der Waals surface area contributed by atoms with E-state index in [0.29, 0.717) is 6.04 Å². The molecule has 1 aromatic rings. The largest absolute Gasteiger partial charge is 0.383 e. The van der Waals surface area contributed by atoms with Gasteiger partial charge in [0.05, 0.1) is 24.9 Å². The molecule has 1 N–H and O–H groups in total. The number of nitrogens with zero attached hydrogens (tertiary/aromatic N) is 1. The van der Waals surface area contributed by atoms with E-state index in [4.69, 9.17) is 9.47 Å². The summed E-state index contributed by atoms with van der Waals surface area (Å²) in [6.45, 7) is 4.16. The molecule has 5 heteroatoms. The average molecular weight is 343 g/mol. The molecule has 0 saturated carbocycles. The highest BCUT2D eigenvalue weighted by atomic mass is 79.9. The zero-order valence-electron chi connectivity index (χ0n) is 12.2. The molecule has 1 aliphatic heterocycles. The fourth-order valence-corrected chi connectivity index (χ4v) is 3.08. The van der Waals surface area contributed by atoms with Crippen LogP contribution in [0.25, 0.3) is 0 Å². The van der Waals surface area contributed by atoms with Crippen LogP contribution >= 0.6 is 15.9 Å². The molecule has 0 spiro atoms. The van der Waals surface area contributed by atoms with Crippen LogP contribution in [-0.2, 0) is 16.0 Å². The molecule has 1 heterocycles. The minimum atomic E-state index is 0.483. The Morgan fingerprint density at radius 1 is 1.50 bits per heavy atom. The Labute approximate surface area is 129 Å². The zero-order chi connectivity index (χ0) is 14.4. The molecule has 1 aromatic carbocycles. The molecule has 1 fully saturated rings. The summed E-state index contributed by atoms with van der Waals surface area (Å²) in [5.41, 5.74) is 2.49. The van der Waals surface area contributed by atoms with E-state index >= 15 is 0 Å². The Hall–Kier alpha value is -0.620. The van der Waals surface area contributed by atoms with Crippen molar-refractivity contribution >= 4 is 21.6 Å². The van der Waals surface area contributed by atoms with Crippen LogP contribution in [0.1, 0.15) is 12.0 Å². The van der Waals surface area contributed by atoms with E-state index in [1.165, 1.54) is 11.3 Å². The van der Waals surface area contributed by atoms with Crippen molar-refractivity contribution in [1.29, 1.82) is 0 Å². The van der Waals surface area contributed by atoms with Gasteiger partial charge in [0.25, 0.3) is 0 Å². The fourth-order valence-electron chi connectivity index (χ4n) is 2.38. The number of methoxy groups -OCH3 is 1. The summed E-state index contributed by atoms with van der Waals surface area (Å²) in [7, 11) is 3.85. The number of nitrogens with one attached hydrogen (secondary N) is 1. The molecule has 0 radical (unpaired) electrons. The lowest BCUT2D eigenvalue weighted by Crippen LogP contribution is -2.32. The van der Waals surface area contributed by atoms with E-state index in [9.17, 15) is 0 Å². The number of anilines is 1. The molecule has 20 heavy (non-hydrogen) atoms. The van der Waals surface area contributed by atoms with Crippen LogP contribution < -0.4 is 10.2 Å². The molecule has 0 amide bonds. The van der Waals surface area contributed by atoms with Crippen molar-refractivity contribution in [2.75, 3.05) is 45.4 Å². The number of halogens is 1. The van der Waals surface area contributed by atoms with Crippen molar-refractivity contribution in [2.45, 2.75) is 19.0 Å². The topological polar surface area (TPSA) is 33.7 Å². The highest BCUT2D eigenvalue weighted by Crippen LogP contribution is 2.29. The second-order valence-corrected chi connectivity index (χ2v) is 5.94. The van der Waals surface area contributed by atoms with Gasteiger partial charge in [-0.15, -0.1) is 0 Å². The molecule has 0 aromatic heterocycles. The average Bonchev–Trinajstić information content (AvgIpc) is 2.97. The molecule has 1 saturated heterocycles. The lowest BCUT2D eigenvalue weighted by Gasteiger charge is -2.26. The van der Waals surface area contributed by atoms with Crippen LogP contribution in [0.3, 0.4) is 0 Å². The SMILES string of the molecule is COCCNCc1ccc(N(C)C2CCOC2)c(Br)c1. The van der Waals surface area contributed by atoms with E-state index in [1.54, 1.807) is 7.11 Å². The summed E-state index contributed by atoms with van der Waals surface area (Å²) in [6, 6.07) is 7.01. The maximum atomic E-state index is 5.46. The van der Waals surface area contributed by atoms with Gasteiger partial charge >= 0.3 is 0 Å². The Morgan fingerprint density at radius 2 is 2.35 bits per heavy atom. The van der Waals surface area contributed by atoms with Crippen LogP contribution in [0, 0.1) is 0 Å². The molecular formula is C15H23BrN2O2. The summed E-state index contributed by atoms with van der Waals surface area (Å²) < 4.78 is 11.6. The van der Waals surface area contributed by atoms with Gasteiger partial charge in [-0.05, 0) is 40.0 Å². The van der Waals surface area contributed by atoms with Crippen LogP contribution in [0.2, 0.25) is 0 Å². The third-order valence-corrected chi connectivity index (χ3v) is 4.29. The van der Waals surface area contributed by atoms with Crippen molar-refractivity contribution < 1.29 is 9.47 Å². The van der Waals surface area contributed by atoms with Gasteiger partial charge in [-0.1, -0.05) is 6.07 Å². The van der Waals surface area contributed by atoms with Gasteiger partial charge in [0.2, 0.25) is 0 Å². The normalized spacial score (nSPS) is 18.4. The third-order valence-electron chi connectivity index (χ3n) is 3.66. The minimum Gasteiger partial charge on any atom is -0.383 e. The first kappa shape index (κ1) is 15.8. The predicted octanol–water partition coefficient (Wildman–Crippen LogP) is 2.41. The lowest BCUT2D eigenvalue weighted by molar-refractivity contribution is 0.193. The number of likely N-dealkylation sites (N-methyl/N-ethyl adjacent to an activating group) is 1. The Kier molecular flexibility index (Phi) is 6.29. The highest BCUT2D eigenvalue weighted by molar-refractivity contribution is 9.10. The molecule has 112 valence electrons. The summed E-state index contributed by atoms with van der Waals surface area (Å²) >= 11 is 3.68. The van der Waals surface area contributed by atoms with Crippen molar-refractivity contribution in [1.82, 2.24) is 5.32 Å². The van der Waals surface area contributed by atoms with E-state index in [-0.39, 0.29) is 0 Å². The van der Waals surface area contributed by atoms with E-state index in [2.05, 4.69) is 51.4 Å². The van der Waals surface area contributed by atoms with Crippen molar-refractivity contribution in [3.63, 3.8) is 0 Å². The van der Waals surface area contributed by atoms with Crippen LogP contribution in [0.15, 0.2) is 22.7 Å². The van der Waals surface area contributed by atoms with Gasteiger partial charge in [-0.25, -0.2) is 0 Å². The maximum Gasteiger partial charge on any atom is 0.0670 e. The van der Waals surface area contributed by atoms with Crippen molar-refractivity contribution in [3.05, 3.63) is 28.2 Å². The summed E-state index contributed by atoms with van der Waals surface area (Å²) in [5.74, 6) is 0. The van der Waals surface area contributed by atoms with Gasteiger partial charge in [0.1, 0.15) is 0 Å². The van der Waals surface area contributed by atoms with E-state index < -0.39 is 0 Å². The number of hydrogen-bond acceptors (Lipinski definition) is 4. The van der Waals surface area contributed by atoms with Gasteiger partial charge < -0.3 is 19.7 Å². The molecule has 1 unspecified atom stereocenters. The summed E-state index contributed by atoms with van der Waals surface area (Å²) in [4.78, 5) is 2.30. The quantitative estimate of drug-likeness (QED) is 0.771. The van der Waals surface area contributed by atoms with Gasteiger partial charge in [-0.3, -0.25) is 0 Å². The first-order valence-corrected chi connectivity index (χ1v) is 7.80. The second kappa shape index (κ2) is 7.98. The Balaban J connectivity index is 1.94. The van der Waals surface area contributed by atoms with Crippen LogP contribution in [0.4, 0.5) is 5.69 Å². The smallest absolute Gasteiger partial charge is 0.0670 e. The Bertz CT molecular complexity index is 422. The van der Waals surface area contributed by atoms with Crippen molar-refractivity contribution in [2.24, 2.45) is 0 Å². The molecule has 0 bridgehead atoms. The molecule has 1 atom stereocenters. The number of ether oxygens (including phenoxy) is 2. The van der Waals surface area contributed by atoms with Crippen molar-refractivity contribution in [3.8, 4) is 0 Å². The lowest BCUT2D eigenvalue weighted by atomic mass is 10.1. The summed E-state index contributed by atoms with van der Waals surface area (Å²) in [6.07, 6.45) is 1.10. The van der Waals surface area contributed by atoms with E-state index in [0.717, 1.165) is 43.8 Å².